The molecular formula is C12H8BrN5O2S2. The largest absolute Gasteiger partial charge is 0.284 e. The fourth-order valence-corrected chi connectivity index (χ4v) is 3.63. The Bertz CT molecular complexity index is 806. The maximum atomic E-state index is 11.2. The topological polar surface area (TPSA) is 86.7 Å². The Morgan fingerprint density at radius 1 is 1.41 bits per heavy atom. The van der Waals surface area contributed by atoms with Crippen LogP contribution in [-0.2, 0) is 6.54 Å². The molecule has 3 rings (SSSR count). The zero-order chi connectivity index (χ0) is 15.5. The fourth-order valence-electron chi connectivity index (χ4n) is 1.74. The number of nitrogens with zero attached hydrogens (tertiary/aromatic N) is 5. The molecule has 0 aliphatic rings. The van der Waals surface area contributed by atoms with E-state index >= 15 is 0 Å². The van der Waals surface area contributed by atoms with Crippen molar-refractivity contribution in [3.8, 4) is 0 Å². The van der Waals surface area contributed by atoms with Crippen molar-refractivity contribution < 1.29 is 4.92 Å². The van der Waals surface area contributed by atoms with Crippen molar-refractivity contribution in [2.45, 2.75) is 16.6 Å². The molecule has 0 saturated carbocycles. The summed E-state index contributed by atoms with van der Waals surface area (Å²) < 4.78 is 2.28. The highest BCUT2D eigenvalue weighted by Gasteiger charge is 2.18. The van der Waals surface area contributed by atoms with Gasteiger partial charge in [-0.1, -0.05) is 22.0 Å². The van der Waals surface area contributed by atoms with Gasteiger partial charge < -0.3 is 0 Å². The number of hydrogen-bond donors (Lipinski definition) is 0. The molecule has 0 N–H and O–H groups in total. The highest BCUT2D eigenvalue weighted by atomic mass is 79.9. The van der Waals surface area contributed by atoms with Crippen LogP contribution in [0.5, 0.6) is 0 Å². The monoisotopic (exact) mass is 397 g/mol. The van der Waals surface area contributed by atoms with Crippen LogP contribution in [0.25, 0.3) is 0 Å². The van der Waals surface area contributed by atoms with E-state index in [0.717, 1.165) is 4.88 Å². The third kappa shape index (κ3) is 3.34. The molecule has 0 radical (unpaired) electrons. The first kappa shape index (κ1) is 15.1. The molecule has 2 aromatic heterocycles. The van der Waals surface area contributed by atoms with Gasteiger partial charge in [-0.05, 0) is 45.8 Å². The van der Waals surface area contributed by atoms with E-state index in [1.165, 1.54) is 17.8 Å². The van der Waals surface area contributed by atoms with Crippen LogP contribution in [0, 0.1) is 10.1 Å². The molecule has 0 amide bonds. The number of aromatic nitrogens is 4. The molecular weight excluding hydrogens is 390 g/mol. The van der Waals surface area contributed by atoms with Crippen LogP contribution in [0.2, 0.25) is 0 Å². The minimum absolute atomic E-state index is 0.0186. The Balaban J connectivity index is 1.88. The second-order valence-corrected chi connectivity index (χ2v) is 7.13. The van der Waals surface area contributed by atoms with Gasteiger partial charge >= 0.3 is 0 Å². The van der Waals surface area contributed by atoms with Crippen LogP contribution < -0.4 is 0 Å². The second kappa shape index (κ2) is 6.55. The number of nitro benzene ring substituents is 1. The normalized spacial score (nSPS) is 10.8. The van der Waals surface area contributed by atoms with Crippen molar-refractivity contribution in [3.63, 3.8) is 0 Å². The minimum atomic E-state index is -0.416. The average Bonchev–Trinajstić information content (AvgIpc) is 3.14. The van der Waals surface area contributed by atoms with E-state index in [2.05, 4.69) is 31.5 Å². The average molecular weight is 398 g/mol. The zero-order valence-corrected chi connectivity index (χ0v) is 14.1. The van der Waals surface area contributed by atoms with Crippen molar-refractivity contribution in [3.05, 3.63) is 55.2 Å². The lowest BCUT2D eigenvalue weighted by atomic mass is 10.3. The van der Waals surface area contributed by atoms with E-state index in [-0.39, 0.29) is 5.69 Å². The molecule has 0 unspecified atom stereocenters. The van der Waals surface area contributed by atoms with Crippen LogP contribution in [0.15, 0.2) is 50.2 Å². The molecule has 0 saturated heterocycles. The Morgan fingerprint density at radius 3 is 3.00 bits per heavy atom. The van der Waals surface area contributed by atoms with Gasteiger partial charge in [-0.2, -0.15) is 0 Å². The molecule has 0 bridgehead atoms. The molecule has 2 heterocycles. The number of rotatable bonds is 5. The van der Waals surface area contributed by atoms with Gasteiger partial charge in [-0.25, -0.2) is 4.68 Å². The SMILES string of the molecule is O=[N+]([O-])c1cc(Br)ccc1Sc1nnnn1Cc1cccs1. The molecule has 0 spiro atoms. The van der Waals surface area contributed by atoms with Crippen LogP contribution in [0.1, 0.15) is 4.88 Å². The molecule has 1 aromatic carbocycles. The Morgan fingerprint density at radius 2 is 2.27 bits per heavy atom. The standard InChI is InChI=1S/C12H8BrN5O2S2/c13-8-3-4-11(10(6-8)18(19)20)22-12-14-15-16-17(12)7-9-2-1-5-21-9/h1-6H,7H2. The van der Waals surface area contributed by atoms with Gasteiger partial charge in [-0.3, -0.25) is 10.1 Å². The van der Waals surface area contributed by atoms with E-state index in [9.17, 15) is 10.1 Å². The second-order valence-electron chi connectivity index (χ2n) is 4.17. The lowest BCUT2D eigenvalue weighted by Gasteiger charge is -2.04. The number of halogens is 1. The summed E-state index contributed by atoms with van der Waals surface area (Å²) >= 11 is 6.02. The molecule has 10 heteroatoms. The number of nitro groups is 1. The van der Waals surface area contributed by atoms with E-state index < -0.39 is 4.92 Å². The van der Waals surface area contributed by atoms with Gasteiger partial charge in [0.25, 0.3) is 5.69 Å². The van der Waals surface area contributed by atoms with Gasteiger partial charge in [0.1, 0.15) is 0 Å². The maximum Gasteiger partial charge on any atom is 0.284 e. The van der Waals surface area contributed by atoms with Crippen molar-refractivity contribution in [1.82, 2.24) is 20.2 Å². The van der Waals surface area contributed by atoms with E-state index in [0.29, 0.717) is 21.1 Å². The Labute approximate surface area is 141 Å². The number of thiophene rings is 1. The summed E-state index contributed by atoms with van der Waals surface area (Å²) in [5.41, 5.74) is 0.0186. The minimum Gasteiger partial charge on any atom is -0.258 e. The summed E-state index contributed by atoms with van der Waals surface area (Å²) in [5.74, 6) is 0. The smallest absolute Gasteiger partial charge is 0.258 e. The summed E-state index contributed by atoms with van der Waals surface area (Å²) in [5, 5.41) is 25.2. The first-order valence-electron chi connectivity index (χ1n) is 6.04. The van der Waals surface area contributed by atoms with Crippen molar-refractivity contribution in [2.24, 2.45) is 0 Å². The van der Waals surface area contributed by atoms with Crippen molar-refractivity contribution in [2.75, 3.05) is 0 Å². The lowest BCUT2D eigenvalue weighted by molar-refractivity contribution is -0.387. The summed E-state index contributed by atoms with van der Waals surface area (Å²) in [6, 6.07) is 8.84. The molecule has 0 fully saturated rings. The summed E-state index contributed by atoms with van der Waals surface area (Å²) in [6.45, 7) is 0.539. The van der Waals surface area contributed by atoms with Gasteiger partial charge in [0, 0.05) is 15.4 Å². The fraction of sp³-hybridized carbons (Fsp3) is 0.0833. The first-order valence-corrected chi connectivity index (χ1v) is 8.53. The molecule has 3 aromatic rings. The molecule has 0 atom stereocenters. The predicted octanol–water partition coefficient (Wildman–Crippen LogP) is 3.60. The third-order valence-electron chi connectivity index (χ3n) is 2.70. The number of benzene rings is 1. The van der Waals surface area contributed by atoms with Gasteiger partial charge in [0.2, 0.25) is 5.16 Å². The molecule has 0 aliphatic carbocycles. The summed E-state index contributed by atoms with van der Waals surface area (Å²) in [4.78, 5) is 12.3. The summed E-state index contributed by atoms with van der Waals surface area (Å²) in [7, 11) is 0. The molecule has 112 valence electrons. The predicted molar refractivity (Wildman–Crippen MR) is 86.2 cm³/mol. The first-order chi connectivity index (χ1) is 10.6. The Kier molecular flexibility index (Phi) is 4.50. The third-order valence-corrected chi connectivity index (χ3v) is 5.10. The zero-order valence-electron chi connectivity index (χ0n) is 10.9. The summed E-state index contributed by atoms with van der Waals surface area (Å²) in [6.07, 6.45) is 0. The van der Waals surface area contributed by atoms with Crippen LogP contribution >= 0.6 is 39.0 Å². The van der Waals surface area contributed by atoms with Crippen LogP contribution in [0.4, 0.5) is 5.69 Å². The van der Waals surface area contributed by atoms with Crippen LogP contribution in [0.3, 0.4) is 0 Å². The van der Waals surface area contributed by atoms with Crippen molar-refractivity contribution >= 4 is 44.7 Å². The van der Waals surface area contributed by atoms with Crippen LogP contribution in [-0.4, -0.2) is 25.1 Å². The Hall–Kier alpha value is -1.78. The molecule has 0 aliphatic heterocycles. The van der Waals surface area contributed by atoms with Gasteiger partial charge in [-0.15, -0.1) is 16.4 Å². The maximum absolute atomic E-state index is 11.2. The highest BCUT2D eigenvalue weighted by molar-refractivity contribution is 9.10. The van der Waals surface area contributed by atoms with Gasteiger partial charge in [0.15, 0.2) is 0 Å². The van der Waals surface area contributed by atoms with E-state index in [1.54, 1.807) is 28.2 Å². The quantitative estimate of drug-likeness (QED) is 0.482. The molecule has 7 nitrogen and oxygen atoms in total. The van der Waals surface area contributed by atoms with E-state index in [1.807, 2.05) is 17.5 Å². The number of hydrogen-bond acceptors (Lipinski definition) is 7. The van der Waals surface area contributed by atoms with E-state index in [4.69, 9.17) is 0 Å². The lowest BCUT2D eigenvalue weighted by Crippen LogP contribution is -2.02. The molecule has 22 heavy (non-hydrogen) atoms. The highest BCUT2D eigenvalue weighted by Crippen LogP contribution is 2.35. The van der Waals surface area contributed by atoms with Crippen molar-refractivity contribution in [1.29, 1.82) is 0 Å². The van der Waals surface area contributed by atoms with Gasteiger partial charge in [0.05, 0.1) is 16.4 Å². The number of tetrazole rings is 1.